The normalized spacial score (nSPS) is 13.7. The molecular formula is C24H25Cl2N5O2. The van der Waals surface area contributed by atoms with Crippen LogP contribution in [0.2, 0.25) is 10.0 Å². The number of carbonyl (C=O) groups is 2. The first kappa shape index (κ1) is 23.3. The summed E-state index contributed by atoms with van der Waals surface area (Å²) in [5.74, 6) is -0.384. The van der Waals surface area contributed by atoms with Gasteiger partial charge in [0.15, 0.2) is 0 Å². The molecule has 0 aliphatic carbocycles. The third-order valence-electron chi connectivity index (χ3n) is 5.53. The van der Waals surface area contributed by atoms with Crippen LogP contribution in [0.5, 0.6) is 0 Å². The van der Waals surface area contributed by atoms with Gasteiger partial charge in [-0.15, -0.1) is 0 Å². The van der Waals surface area contributed by atoms with E-state index in [1.165, 1.54) is 0 Å². The zero-order chi connectivity index (χ0) is 23.4. The summed E-state index contributed by atoms with van der Waals surface area (Å²) < 4.78 is 1.76. The van der Waals surface area contributed by atoms with Gasteiger partial charge in [-0.3, -0.25) is 9.59 Å². The first-order valence-electron chi connectivity index (χ1n) is 10.9. The minimum atomic E-state index is -0.282. The Bertz CT molecular complexity index is 1150. The molecule has 1 aliphatic rings. The van der Waals surface area contributed by atoms with E-state index in [0.717, 1.165) is 30.9 Å². The lowest BCUT2D eigenvalue weighted by Crippen LogP contribution is -2.46. The van der Waals surface area contributed by atoms with E-state index in [4.69, 9.17) is 23.2 Å². The van der Waals surface area contributed by atoms with Gasteiger partial charge in [0.2, 0.25) is 0 Å². The molecule has 0 unspecified atom stereocenters. The van der Waals surface area contributed by atoms with E-state index in [1.807, 2.05) is 12.1 Å². The zero-order valence-electron chi connectivity index (χ0n) is 18.3. The Morgan fingerprint density at radius 3 is 2.45 bits per heavy atom. The molecule has 2 aromatic carbocycles. The highest BCUT2D eigenvalue weighted by Gasteiger charge is 2.22. The number of nitrogens with one attached hydrogen (secondary N) is 2. The molecule has 1 aromatic heterocycles. The molecule has 3 aromatic rings. The summed E-state index contributed by atoms with van der Waals surface area (Å²) in [6, 6.07) is 12.3. The molecule has 2 heterocycles. The van der Waals surface area contributed by atoms with Crippen LogP contribution in [0.1, 0.15) is 39.8 Å². The van der Waals surface area contributed by atoms with Crippen LogP contribution in [-0.2, 0) is 6.42 Å². The van der Waals surface area contributed by atoms with Crippen LogP contribution in [0.3, 0.4) is 0 Å². The molecule has 0 saturated carbocycles. The van der Waals surface area contributed by atoms with E-state index < -0.39 is 0 Å². The van der Waals surface area contributed by atoms with Crippen molar-refractivity contribution >= 4 is 40.7 Å². The Morgan fingerprint density at radius 1 is 1.06 bits per heavy atom. The van der Waals surface area contributed by atoms with Crippen LogP contribution < -0.4 is 10.6 Å². The average Bonchev–Trinajstić information content (AvgIpc) is 3.24. The molecule has 33 heavy (non-hydrogen) atoms. The van der Waals surface area contributed by atoms with Gasteiger partial charge in [0.05, 0.1) is 33.7 Å². The summed E-state index contributed by atoms with van der Waals surface area (Å²) >= 11 is 12.4. The average molecular weight is 486 g/mol. The number of nitrogens with zero attached hydrogens (tertiary/aromatic N) is 3. The molecule has 4 rings (SSSR count). The van der Waals surface area contributed by atoms with Crippen LogP contribution in [0.25, 0.3) is 5.69 Å². The smallest absolute Gasteiger partial charge is 0.259 e. The van der Waals surface area contributed by atoms with Crippen molar-refractivity contribution in [1.29, 1.82) is 0 Å². The zero-order valence-corrected chi connectivity index (χ0v) is 19.8. The van der Waals surface area contributed by atoms with E-state index in [0.29, 0.717) is 46.4 Å². The highest BCUT2D eigenvalue weighted by atomic mass is 35.5. The third-order valence-corrected chi connectivity index (χ3v) is 6.10. The fourth-order valence-corrected chi connectivity index (χ4v) is 4.24. The highest BCUT2D eigenvalue weighted by molar-refractivity contribution is 6.34. The Morgan fingerprint density at radius 2 is 1.79 bits per heavy atom. The molecular weight excluding hydrogens is 461 g/mol. The summed E-state index contributed by atoms with van der Waals surface area (Å²) in [5, 5.41) is 11.5. The maximum atomic E-state index is 13.1. The minimum Gasteiger partial charge on any atom is -0.336 e. The fraction of sp³-hybridized carbons (Fsp3) is 0.292. The quantitative estimate of drug-likeness (QED) is 0.541. The van der Waals surface area contributed by atoms with E-state index in [2.05, 4.69) is 22.7 Å². The number of hydrogen-bond donors (Lipinski definition) is 2. The summed E-state index contributed by atoms with van der Waals surface area (Å²) in [6.07, 6.45) is 3.11. The number of hydrogen-bond acceptors (Lipinski definition) is 4. The number of piperazine rings is 1. The fourth-order valence-electron chi connectivity index (χ4n) is 3.85. The predicted octanol–water partition coefficient (Wildman–Crippen LogP) is 4.43. The van der Waals surface area contributed by atoms with Gasteiger partial charge >= 0.3 is 0 Å². The first-order valence-corrected chi connectivity index (χ1v) is 11.7. The maximum Gasteiger partial charge on any atom is 0.259 e. The number of carbonyl (C=O) groups excluding carboxylic acids is 2. The van der Waals surface area contributed by atoms with Gasteiger partial charge < -0.3 is 15.5 Å². The van der Waals surface area contributed by atoms with Crippen LogP contribution >= 0.6 is 23.2 Å². The second-order valence-corrected chi connectivity index (χ2v) is 8.68. The Balaban J connectivity index is 1.54. The van der Waals surface area contributed by atoms with Crippen LogP contribution in [0.4, 0.5) is 5.69 Å². The van der Waals surface area contributed by atoms with Crippen molar-refractivity contribution in [3.63, 3.8) is 0 Å². The number of benzene rings is 2. The second kappa shape index (κ2) is 10.4. The van der Waals surface area contributed by atoms with Crippen molar-refractivity contribution in [2.24, 2.45) is 0 Å². The van der Waals surface area contributed by atoms with Gasteiger partial charge in [-0.25, -0.2) is 4.68 Å². The molecule has 0 atom stereocenters. The molecule has 1 aliphatic heterocycles. The SMILES string of the molecule is CCCc1c(C(=O)Nc2ccc(C(=O)N3CCNCC3)c(Cl)c2)cnn1-c1ccc(Cl)cc1. The van der Waals surface area contributed by atoms with E-state index in [9.17, 15) is 9.59 Å². The second-order valence-electron chi connectivity index (χ2n) is 7.83. The van der Waals surface area contributed by atoms with Crippen molar-refractivity contribution in [3.05, 3.63) is 75.5 Å². The van der Waals surface area contributed by atoms with Crippen LogP contribution in [0, 0.1) is 0 Å². The van der Waals surface area contributed by atoms with Gasteiger partial charge in [0.1, 0.15) is 0 Å². The molecule has 1 fully saturated rings. The number of aromatic nitrogens is 2. The third kappa shape index (κ3) is 5.21. The molecule has 2 N–H and O–H groups in total. The van der Waals surface area contributed by atoms with Crippen molar-refractivity contribution < 1.29 is 9.59 Å². The topological polar surface area (TPSA) is 79.3 Å². The monoisotopic (exact) mass is 485 g/mol. The van der Waals surface area contributed by atoms with Crippen molar-refractivity contribution in [3.8, 4) is 5.69 Å². The predicted molar refractivity (Wildman–Crippen MR) is 131 cm³/mol. The molecule has 0 radical (unpaired) electrons. The van der Waals surface area contributed by atoms with Gasteiger partial charge in [-0.1, -0.05) is 36.5 Å². The largest absolute Gasteiger partial charge is 0.336 e. The maximum absolute atomic E-state index is 13.1. The van der Waals surface area contributed by atoms with E-state index in [-0.39, 0.29) is 11.8 Å². The Kier molecular flexibility index (Phi) is 7.33. The van der Waals surface area contributed by atoms with Crippen molar-refractivity contribution in [2.75, 3.05) is 31.5 Å². The highest BCUT2D eigenvalue weighted by Crippen LogP contribution is 2.24. The lowest BCUT2D eigenvalue weighted by Gasteiger charge is -2.27. The first-order chi connectivity index (χ1) is 16.0. The van der Waals surface area contributed by atoms with Crippen molar-refractivity contribution in [2.45, 2.75) is 19.8 Å². The number of rotatable bonds is 6. The summed E-state index contributed by atoms with van der Waals surface area (Å²) in [7, 11) is 0. The molecule has 172 valence electrons. The molecule has 7 nitrogen and oxygen atoms in total. The molecule has 2 amide bonds. The van der Waals surface area contributed by atoms with E-state index in [1.54, 1.807) is 46.1 Å². The van der Waals surface area contributed by atoms with Crippen molar-refractivity contribution in [1.82, 2.24) is 20.0 Å². The van der Waals surface area contributed by atoms with Gasteiger partial charge in [0, 0.05) is 36.9 Å². The lowest BCUT2D eigenvalue weighted by atomic mass is 10.1. The standard InChI is InChI=1S/C24H25Cl2N5O2/c1-2-3-22-20(15-28-31(22)18-7-4-16(25)5-8-18)23(32)29-17-6-9-19(21(26)14-17)24(33)30-12-10-27-11-13-30/h4-9,14-15,27H,2-3,10-13H2,1H3,(H,29,32). The Labute approximate surface area is 202 Å². The van der Waals surface area contributed by atoms with Gasteiger partial charge in [0.25, 0.3) is 11.8 Å². The molecule has 9 heteroatoms. The Hall–Kier alpha value is -2.87. The number of anilines is 1. The summed E-state index contributed by atoms with van der Waals surface area (Å²) in [5.41, 5.74) is 3.08. The lowest BCUT2D eigenvalue weighted by molar-refractivity contribution is 0.0736. The van der Waals surface area contributed by atoms with Crippen LogP contribution in [0.15, 0.2) is 48.7 Å². The minimum absolute atomic E-state index is 0.103. The number of halogens is 2. The molecule has 1 saturated heterocycles. The van der Waals surface area contributed by atoms with Gasteiger partial charge in [-0.05, 0) is 48.9 Å². The summed E-state index contributed by atoms with van der Waals surface area (Å²) in [6.45, 7) is 4.87. The number of amides is 2. The molecule has 0 spiro atoms. The van der Waals surface area contributed by atoms with E-state index >= 15 is 0 Å². The van der Waals surface area contributed by atoms with Crippen LogP contribution in [-0.4, -0.2) is 52.7 Å². The summed E-state index contributed by atoms with van der Waals surface area (Å²) in [4.78, 5) is 27.6. The molecule has 0 bridgehead atoms. The van der Waals surface area contributed by atoms with Gasteiger partial charge in [-0.2, -0.15) is 5.10 Å².